The Balaban J connectivity index is 1.85. The molecule has 1 aromatic rings. The van der Waals surface area contributed by atoms with Crippen LogP contribution in [0.2, 0.25) is 0 Å². The molecule has 4 heteroatoms. The van der Waals surface area contributed by atoms with Gasteiger partial charge in [-0.25, -0.2) is 0 Å². The topological polar surface area (TPSA) is 38.3 Å². The van der Waals surface area contributed by atoms with Gasteiger partial charge in [-0.2, -0.15) is 0 Å². The molecule has 16 heavy (non-hydrogen) atoms. The molecule has 2 rings (SSSR count). The third-order valence-corrected chi connectivity index (χ3v) is 3.91. The lowest BCUT2D eigenvalue weighted by molar-refractivity contribution is -0.148. The number of carbonyl (C=O) groups excluding carboxylic acids is 1. The molecule has 1 aliphatic heterocycles. The zero-order valence-electron chi connectivity index (χ0n) is 9.44. The predicted molar refractivity (Wildman–Crippen MR) is 64.4 cm³/mol. The molecule has 3 nitrogen and oxygen atoms in total. The highest BCUT2D eigenvalue weighted by Gasteiger charge is 2.27. The summed E-state index contributed by atoms with van der Waals surface area (Å²) in [6, 6.07) is 4.64. The molecule has 1 aromatic heterocycles. The van der Waals surface area contributed by atoms with E-state index < -0.39 is 0 Å². The smallest absolute Gasteiger partial charge is 0.310 e. The first-order valence-corrected chi connectivity index (χ1v) is 6.62. The predicted octanol–water partition coefficient (Wildman–Crippen LogP) is 2.35. The van der Waals surface area contributed by atoms with Crippen molar-refractivity contribution < 1.29 is 9.53 Å². The van der Waals surface area contributed by atoms with Crippen molar-refractivity contribution in [3.8, 4) is 0 Å². The van der Waals surface area contributed by atoms with Crippen molar-refractivity contribution in [1.29, 1.82) is 0 Å². The molecule has 0 radical (unpaired) electrons. The van der Waals surface area contributed by atoms with Crippen LogP contribution in [0.5, 0.6) is 0 Å². The SMILES string of the molecule is CCOC(=O)C1CCC(c2cccs2)NC1. The second-order valence-electron chi connectivity index (χ2n) is 4.00. The maximum Gasteiger partial charge on any atom is 0.310 e. The van der Waals surface area contributed by atoms with Gasteiger partial charge < -0.3 is 10.1 Å². The van der Waals surface area contributed by atoms with E-state index in [4.69, 9.17) is 4.74 Å². The van der Waals surface area contributed by atoms with Gasteiger partial charge in [-0.3, -0.25) is 4.79 Å². The fourth-order valence-corrected chi connectivity index (χ4v) is 2.89. The monoisotopic (exact) mass is 239 g/mol. The van der Waals surface area contributed by atoms with Crippen LogP contribution in [0.4, 0.5) is 0 Å². The van der Waals surface area contributed by atoms with E-state index in [0.29, 0.717) is 12.6 Å². The molecule has 1 aliphatic rings. The van der Waals surface area contributed by atoms with E-state index in [1.54, 1.807) is 11.3 Å². The highest BCUT2D eigenvalue weighted by molar-refractivity contribution is 7.10. The molecule has 2 unspecified atom stereocenters. The number of ether oxygens (including phenoxy) is 1. The maximum atomic E-state index is 11.5. The molecular weight excluding hydrogens is 222 g/mol. The van der Waals surface area contributed by atoms with E-state index in [2.05, 4.69) is 22.8 Å². The zero-order chi connectivity index (χ0) is 11.4. The number of piperidine rings is 1. The number of carbonyl (C=O) groups is 1. The van der Waals surface area contributed by atoms with Gasteiger partial charge in [0.25, 0.3) is 0 Å². The molecule has 0 aliphatic carbocycles. The van der Waals surface area contributed by atoms with Crippen LogP contribution in [0, 0.1) is 5.92 Å². The second-order valence-corrected chi connectivity index (χ2v) is 4.98. The first-order valence-electron chi connectivity index (χ1n) is 5.74. The van der Waals surface area contributed by atoms with E-state index in [9.17, 15) is 4.79 Å². The van der Waals surface area contributed by atoms with E-state index in [1.165, 1.54) is 4.88 Å². The second kappa shape index (κ2) is 5.46. The molecule has 2 heterocycles. The van der Waals surface area contributed by atoms with Crippen LogP contribution in [-0.2, 0) is 9.53 Å². The molecule has 0 spiro atoms. The molecule has 1 saturated heterocycles. The first kappa shape index (κ1) is 11.6. The zero-order valence-corrected chi connectivity index (χ0v) is 10.3. The summed E-state index contributed by atoms with van der Waals surface area (Å²) < 4.78 is 5.03. The Hall–Kier alpha value is -0.870. The normalized spacial score (nSPS) is 25.3. The summed E-state index contributed by atoms with van der Waals surface area (Å²) in [5, 5.41) is 5.51. The minimum Gasteiger partial charge on any atom is -0.466 e. The van der Waals surface area contributed by atoms with Crippen LogP contribution in [0.3, 0.4) is 0 Å². The molecule has 1 N–H and O–H groups in total. The Morgan fingerprint density at radius 1 is 1.62 bits per heavy atom. The summed E-state index contributed by atoms with van der Waals surface area (Å²) in [5.74, 6) is -0.0178. The van der Waals surface area contributed by atoms with Crippen molar-refractivity contribution in [3.63, 3.8) is 0 Å². The van der Waals surface area contributed by atoms with Crippen LogP contribution in [-0.4, -0.2) is 19.1 Å². The molecule has 0 amide bonds. The highest BCUT2D eigenvalue weighted by Crippen LogP contribution is 2.28. The maximum absolute atomic E-state index is 11.5. The number of hydrogen-bond acceptors (Lipinski definition) is 4. The quantitative estimate of drug-likeness (QED) is 0.823. The van der Waals surface area contributed by atoms with E-state index >= 15 is 0 Å². The lowest BCUT2D eigenvalue weighted by Crippen LogP contribution is -2.37. The van der Waals surface area contributed by atoms with Crippen molar-refractivity contribution in [2.45, 2.75) is 25.8 Å². The molecule has 2 atom stereocenters. The van der Waals surface area contributed by atoms with Crippen molar-refractivity contribution in [3.05, 3.63) is 22.4 Å². The summed E-state index contributed by atoms with van der Waals surface area (Å²) in [6.07, 6.45) is 1.94. The minimum atomic E-state index is -0.0559. The summed E-state index contributed by atoms with van der Waals surface area (Å²) in [6.45, 7) is 3.06. The number of nitrogens with one attached hydrogen (secondary N) is 1. The largest absolute Gasteiger partial charge is 0.466 e. The van der Waals surface area contributed by atoms with Gasteiger partial charge in [0.05, 0.1) is 12.5 Å². The number of rotatable bonds is 3. The van der Waals surface area contributed by atoms with Crippen LogP contribution in [0.1, 0.15) is 30.7 Å². The minimum absolute atomic E-state index is 0.0381. The van der Waals surface area contributed by atoms with Gasteiger partial charge in [-0.1, -0.05) is 6.07 Å². The van der Waals surface area contributed by atoms with Crippen molar-refractivity contribution >= 4 is 17.3 Å². The lowest BCUT2D eigenvalue weighted by Gasteiger charge is -2.27. The van der Waals surface area contributed by atoms with Gasteiger partial charge >= 0.3 is 5.97 Å². The Kier molecular flexibility index (Phi) is 3.96. The molecule has 88 valence electrons. The fourth-order valence-electron chi connectivity index (χ4n) is 2.05. The summed E-state index contributed by atoms with van der Waals surface area (Å²) >= 11 is 1.77. The van der Waals surface area contributed by atoms with Crippen LogP contribution < -0.4 is 5.32 Å². The van der Waals surface area contributed by atoms with Gasteiger partial charge in [-0.15, -0.1) is 11.3 Å². The fraction of sp³-hybridized carbons (Fsp3) is 0.583. The molecular formula is C12H17NO2S. The van der Waals surface area contributed by atoms with Gasteiger partial charge in [0.15, 0.2) is 0 Å². The Morgan fingerprint density at radius 2 is 2.50 bits per heavy atom. The molecule has 0 saturated carbocycles. The van der Waals surface area contributed by atoms with Crippen LogP contribution >= 0.6 is 11.3 Å². The number of hydrogen-bond donors (Lipinski definition) is 1. The summed E-state index contributed by atoms with van der Waals surface area (Å²) in [7, 11) is 0. The van der Waals surface area contributed by atoms with Crippen molar-refractivity contribution in [2.24, 2.45) is 5.92 Å². The van der Waals surface area contributed by atoms with E-state index in [0.717, 1.165) is 19.4 Å². The standard InChI is InChI=1S/C12H17NO2S/c1-2-15-12(14)9-5-6-10(13-8-9)11-4-3-7-16-11/h3-4,7,9-10,13H,2,5-6,8H2,1H3. The van der Waals surface area contributed by atoms with E-state index in [1.807, 2.05) is 6.92 Å². The average molecular weight is 239 g/mol. The number of thiophene rings is 1. The first-order chi connectivity index (χ1) is 7.81. The van der Waals surface area contributed by atoms with Gasteiger partial charge in [-0.05, 0) is 31.2 Å². The summed E-state index contributed by atoms with van der Waals surface area (Å²) in [5.41, 5.74) is 0. The van der Waals surface area contributed by atoms with Crippen LogP contribution in [0.15, 0.2) is 17.5 Å². The van der Waals surface area contributed by atoms with Gasteiger partial charge in [0, 0.05) is 17.5 Å². The van der Waals surface area contributed by atoms with Gasteiger partial charge in [0.1, 0.15) is 0 Å². The van der Waals surface area contributed by atoms with E-state index in [-0.39, 0.29) is 11.9 Å². The molecule has 0 bridgehead atoms. The molecule has 1 fully saturated rings. The summed E-state index contributed by atoms with van der Waals surface area (Å²) in [4.78, 5) is 12.9. The van der Waals surface area contributed by atoms with Crippen molar-refractivity contribution in [1.82, 2.24) is 5.32 Å². The number of esters is 1. The van der Waals surface area contributed by atoms with Gasteiger partial charge in [0.2, 0.25) is 0 Å². The Labute approximate surface area is 99.8 Å². The Morgan fingerprint density at radius 3 is 3.06 bits per heavy atom. The third kappa shape index (κ3) is 2.62. The Bertz CT molecular complexity index is 329. The van der Waals surface area contributed by atoms with Crippen molar-refractivity contribution in [2.75, 3.05) is 13.2 Å². The lowest BCUT2D eigenvalue weighted by atomic mass is 9.94. The highest BCUT2D eigenvalue weighted by atomic mass is 32.1. The third-order valence-electron chi connectivity index (χ3n) is 2.92. The molecule has 0 aromatic carbocycles. The van der Waals surface area contributed by atoms with Crippen LogP contribution in [0.25, 0.3) is 0 Å². The average Bonchev–Trinajstić information content (AvgIpc) is 2.83.